The van der Waals surface area contributed by atoms with Crippen molar-refractivity contribution in [3.63, 3.8) is 0 Å². The Balaban J connectivity index is 1.49. The Kier molecular flexibility index (Phi) is 7.22. The van der Waals surface area contributed by atoms with Gasteiger partial charge in [-0.1, -0.05) is 0 Å². The highest BCUT2D eigenvalue weighted by molar-refractivity contribution is 5.86. The van der Waals surface area contributed by atoms with E-state index in [0.29, 0.717) is 23.1 Å². The number of nitrogens with two attached hydrogens (primary N) is 1. The van der Waals surface area contributed by atoms with Crippen LogP contribution in [0.5, 0.6) is 5.75 Å². The molecule has 0 bridgehead atoms. The van der Waals surface area contributed by atoms with Gasteiger partial charge in [-0.25, -0.2) is 14.8 Å². The number of benzene rings is 2. The van der Waals surface area contributed by atoms with Gasteiger partial charge in [-0.05, 0) is 70.6 Å². The van der Waals surface area contributed by atoms with Gasteiger partial charge in [0.2, 0.25) is 5.95 Å². The minimum absolute atomic E-state index is 0.0589. The molecular weight excluding hydrogens is 492 g/mol. The normalized spacial score (nSPS) is 12.9. The van der Waals surface area contributed by atoms with E-state index in [4.69, 9.17) is 15.5 Å². The van der Waals surface area contributed by atoms with E-state index in [0.717, 1.165) is 60.5 Å². The molecule has 0 amide bonds. The second kappa shape index (κ2) is 10.6. The summed E-state index contributed by atoms with van der Waals surface area (Å²) in [5, 5.41) is 3.30. The van der Waals surface area contributed by atoms with Crippen LogP contribution in [0.15, 0.2) is 41.3 Å². The van der Waals surface area contributed by atoms with Crippen molar-refractivity contribution >= 4 is 34.0 Å². The lowest BCUT2D eigenvalue weighted by Crippen LogP contribution is -2.29. The molecule has 0 unspecified atom stereocenters. The molecule has 39 heavy (non-hydrogen) atoms. The lowest BCUT2D eigenvalue weighted by molar-refractivity contribution is 0.413. The Morgan fingerprint density at radius 3 is 2.67 bits per heavy atom. The summed E-state index contributed by atoms with van der Waals surface area (Å²) in [4.78, 5) is 26.7. The van der Waals surface area contributed by atoms with Crippen molar-refractivity contribution in [3.05, 3.63) is 52.6 Å². The number of rotatable bonds is 9. The van der Waals surface area contributed by atoms with Gasteiger partial charge in [0.05, 0.1) is 40.9 Å². The summed E-state index contributed by atoms with van der Waals surface area (Å²) in [5.74, 6) is 1.09. The van der Waals surface area contributed by atoms with Gasteiger partial charge in [0, 0.05) is 50.6 Å². The number of imidazole rings is 1. The largest absolute Gasteiger partial charge is 0.494 e. The molecule has 0 atom stereocenters. The third-order valence-corrected chi connectivity index (χ3v) is 7.32. The van der Waals surface area contributed by atoms with E-state index in [9.17, 15) is 4.79 Å². The third kappa shape index (κ3) is 5.04. The van der Waals surface area contributed by atoms with Crippen LogP contribution in [-0.4, -0.2) is 65.3 Å². The van der Waals surface area contributed by atoms with Crippen molar-refractivity contribution in [2.75, 3.05) is 57.3 Å². The van der Waals surface area contributed by atoms with E-state index in [-0.39, 0.29) is 11.7 Å². The topological polar surface area (TPSA) is 106 Å². The van der Waals surface area contributed by atoms with Gasteiger partial charge < -0.3 is 25.6 Å². The number of hydrogen-bond donors (Lipinski definition) is 2. The third-order valence-electron chi connectivity index (χ3n) is 7.32. The number of methoxy groups -OCH3 is 1. The van der Waals surface area contributed by atoms with Crippen LogP contribution in [0.1, 0.15) is 31.9 Å². The van der Waals surface area contributed by atoms with Crippen molar-refractivity contribution in [2.24, 2.45) is 0 Å². The Morgan fingerprint density at radius 1 is 1.15 bits per heavy atom. The van der Waals surface area contributed by atoms with E-state index in [1.165, 1.54) is 5.56 Å². The quantitative estimate of drug-likeness (QED) is 0.311. The van der Waals surface area contributed by atoms with E-state index < -0.39 is 0 Å². The molecule has 2 aromatic heterocycles. The second-order valence-corrected chi connectivity index (χ2v) is 10.7. The standard InChI is InChI=1S/C29H38N8O2/c1-18(2)37-25-15-20(14-19-8-7-11-36(27(19)25)29(37)38)22-9-10-31-28(32-22)33-23-16-21(30)24(17-26(23)39-6)35(5)13-12-34(3)4/h9-10,14-18H,7-8,11-13,30H2,1-6H3,(H,31,32,33). The molecule has 2 aromatic carbocycles. The van der Waals surface area contributed by atoms with Gasteiger partial charge in [-0.2, -0.15) is 0 Å². The molecule has 5 rings (SSSR count). The zero-order valence-electron chi connectivity index (χ0n) is 23.7. The fourth-order valence-corrected chi connectivity index (χ4v) is 5.33. The minimum atomic E-state index is 0.0589. The Hall–Kier alpha value is -4.05. The second-order valence-electron chi connectivity index (χ2n) is 10.7. The monoisotopic (exact) mass is 530 g/mol. The number of ether oxygens (including phenoxy) is 1. The number of nitrogens with zero attached hydrogens (tertiary/aromatic N) is 6. The van der Waals surface area contributed by atoms with E-state index in [2.05, 4.69) is 32.2 Å². The summed E-state index contributed by atoms with van der Waals surface area (Å²) in [7, 11) is 7.75. The summed E-state index contributed by atoms with van der Waals surface area (Å²) in [6, 6.07) is 9.98. The molecule has 3 heterocycles. The van der Waals surface area contributed by atoms with Gasteiger partial charge in [-0.3, -0.25) is 9.13 Å². The number of nitrogens with one attached hydrogen (secondary N) is 1. The number of aromatic nitrogens is 4. The van der Waals surface area contributed by atoms with E-state index in [1.54, 1.807) is 13.3 Å². The van der Waals surface area contributed by atoms with Gasteiger partial charge in [0.25, 0.3) is 0 Å². The highest BCUT2D eigenvalue weighted by Gasteiger charge is 2.22. The SMILES string of the molecule is COc1cc(N(C)CCN(C)C)c(N)cc1Nc1nccc(-c2cc3c4c(c2)n(C(C)C)c(=O)n4CCC3)n1. The maximum Gasteiger partial charge on any atom is 0.329 e. The van der Waals surface area contributed by atoms with Crippen molar-refractivity contribution in [2.45, 2.75) is 39.3 Å². The van der Waals surface area contributed by atoms with E-state index >= 15 is 0 Å². The molecule has 0 aliphatic carbocycles. The molecule has 0 spiro atoms. The van der Waals surface area contributed by atoms with Crippen LogP contribution in [0, 0.1) is 0 Å². The molecule has 4 aromatic rings. The first kappa shape index (κ1) is 26.6. The fraction of sp³-hybridized carbons (Fsp3) is 0.414. The molecule has 10 heteroatoms. The molecule has 3 N–H and O–H groups in total. The molecule has 0 radical (unpaired) electrons. The van der Waals surface area contributed by atoms with Gasteiger partial charge >= 0.3 is 5.69 Å². The van der Waals surface area contributed by atoms with Gasteiger partial charge in [-0.15, -0.1) is 0 Å². The maximum atomic E-state index is 13.1. The van der Waals surface area contributed by atoms with Crippen LogP contribution >= 0.6 is 0 Å². The first-order valence-corrected chi connectivity index (χ1v) is 13.4. The summed E-state index contributed by atoms with van der Waals surface area (Å²) >= 11 is 0. The lowest BCUT2D eigenvalue weighted by atomic mass is 10.00. The molecule has 1 aliphatic heterocycles. The van der Waals surface area contributed by atoms with Gasteiger partial charge in [0.15, 0.2) is 0 Å². The zero-order valence-corrected chi connectivity index (χ0v) is 23.7. The predicted octanol–water partition coefficient (Wildman–Crippen LogP) is 4.12. The number of aryl methyl sites for hydroxylation is 2. The smallest absolute Gasteiger partial charge is 0.329 e. The summed E-state index contributed by atoms with van der Waals surface area (Å²) in [6.45, 7) is 6.60. The predicted molar refractivity (Wildman–Crippen MR) is 158 cm³/mol. The van der Waals surface area contributed by atoms with Gasteiger partial charge in [0.1, 0.15) is 5.75 Å². The Bertz CT molecular complexity index is 1570. The van der Waals surface area contributed by atoms with Crippen molar-refractivity contribution in [3.8, 4) is 17.0 Å². The Labute approximate surface area is 229 Å². The van der Waals surface area contributed by atoms with Crippen LogP contribution in [0.3, 0.4) is 0 Å². The summed E-state index contributed by atoms with van der Waals surface area (Å²) < 4.78 is 9.50. The molecule has 206 valence electrons. The molecule has 0 saturated heterocycles. The summed E-state index contributed by atoms with van der Waals surface area (Å²) in [5.41, 5.74) is 13.7. The zero-order chi connectivity index (χ0) is 27.8. The number of likely N-dealkylation sites (N-methyl/N-ethyl adjacent to an activating group) is 2. The van der Waals surface area contributed by atoms with Crippen molar-refractivity contribution in [1.29, 1.82) is 0 Å². The van der Waals surface area contributed by atoms with Crippen molar-refractivity contribution < 1.29 is 4.74 Å². The molecular formula is C29H38N8O2. The molecule has 0 saturated carbocycles. The first-order valence-electron chi connectivity index (χ1n) is 13.4. The van der Waals surface area contributed by atoms with Crippen LogP contribution in [0.2, 0.25) is 0 Å². The number of nitrogen functional groups attached to an aromatic ring is 1. The minimum Gasteiger partial charge on any atom is -0.494 e. The average molecular weight is 531 g/mol. The Morgan fingerprint density at radius 2 is 1.95 bits per heavy atom. The summed E-state index contributed by atoms with van der Waals surface area (Å²) in [6.07, 6.45) is 3.62. The van der Waals surface area contributed by atoms with E-state index in [1.807, 2.05) is 62.3 Å². The highest BCUT2D eigenvalue weighted by atomic mass is 16.5. The molecule has 10 nitrogen and oxygen atoms in total. The maximum absolute atomic E-state index is 13.1. The molecule has 1 aliphatic rings. The molecule has 0 fully saturated rings. The van der Waals surface area contributed by atoms with Crippen LogP contribution in [0.25, 0.3) is 22.3 Å². The lowest BCUT2D eigenvalue weighted by Gasteiger charge is -2.24. The van der Waals surface area contributed by atoms with Crippen LogP contribution < -0.4 is 26.4 Å². The van der Waals surface area contributed by atoms with Crippen molar-refractivity contribution in [1.82, 2.24) is 24.0 Å². The average Bonchev–Trinajstić information content (AvgIpc) is 3.20. The number of hydrogen-bond acceptors (Lipinski definition) is 8. The van der Waals surface area contributed by atoms with Crippen LogP contribution in [0.4, 0.5) is 23.0 Å². The van der Waals surface area contributed by atoms with Crippen LogP contribution in [-0.2, 0) is 13.0 Å². The highest BCUT2D eigenvalue weighted by Crippen LogP contribution is 2.37. The number of anilines is 4. The first-order chi connectivity index (χ1) is 18.7. The fourth-order valence-electron chi connectivity index (χ4n) is 5.33.